The SMILES string of the molecule is CCCCCCCOCCCCCCNC. The van der Waals surface area contributed by atoms with Gasteiger partial charge in [-0.15, -0.1) is 0 Å². The van der Waals surface area contributed by atoms with E-state index in [2.05, 4.69) is 12.2 Å². The number of ether oxygens (including phenoxy) is 1. The molecule has 0 heterocycles. The second-order valence-electron chi connectivity index (χ2n) is 4.54. The quantitative estimate of drug-likeness (QED) is 0.486. The van der Waals surface area contributed by atoms with Crippen molar-refractivity contribution in [2.75, 3.05) is 26.8 Å². The standard InChI is InChI=1S/C14H31NO/c1-3-4-5-7-10-13-16-14-11-8-6-9-12-15-2/h15H,3-14H2,1-2H3. The molecule has 1 N–H and O–H groups in total. The van der Waals surface area contributed by atoms with Crippen molar-refractivity contribution >= 4 is 0 Å². The van der Waals surface area contributed by atoms with Crippen molar-refractivity contribution in [3.63, 3.8) is 0 Å². The highest BCUT2D eigenvalue weighted by molar-refractivity contribution is 4.46. The maximum absolute atomic E-state index is 5.60. The first-order valence-corrected chi connectivity index (χ1v) is 7.14. The molecule has 0 fully saturated rings. The molecule has 0 unspecified atom stereocenters. The Labute approximate surface area is 102 Å². The Hall–Kier alpha value is -0.0800. The number of hydrogen-bond acceptors (Lipinski definition) is 2. The first kappa shape index (κ1) is 15.9. The van der Waals surface area contributed by atoms with Crippen LogP contribution in [0.3, 0.4) is 0 Å². The van der Waals surface area contributed by atoms with E-state index in [4.69, 9.17) is 4.74 Å². The molecule has 0 aromatic heterocycles. The summed E-state index contributed by atoms with van der Waals surface area (Å²) in [6.07, 6.45) is 11.9. The monoisotopic (exact) mass is 229 g/mol. The molecule has 0 bridgehead atoms. The van der Waals surface area contributed by atoms with Crippen LogP contribution in [0.5, 0.6) is 0 Å². The number of hydrogen-bond donors (Lipinski definition) is 1. The first-order chi connectivity index (χ1) is 7.91. The van der Waals surface area contributed by atoms with Crippen LogP contribution in [-0.4, -0.2) is 26.8 Å². The van der Waals surface area contributed by atoms with Gasteiger partial charge in [0, 0.05) is 13.2 Å². The average Bonchev–Trinajstić information content (AvgIpc) is 2.31. The minimum absolute atomic E-state index is 0.966. The van der Waals surface area contributed by atoms with Crippen molar-refractivity contribution in [2.24, 2.45) is 0 Å². The van der Waals surface area contributed by atoms with E-state index >= 15 is 0 Å². The van der Waals surface area contributed by atoms with Gasteiger partial charge in [-0.2, -0.15) is 0 Å². The van der Waals surface area contributed by atoms with Crippen LogP contribution in [0.4, 0.5) is 0 Å². The summed E-state index contributed by atoms with van der Waals surface area (Å²) in [5.74, 6) is 0. The van der Waals surface area contributed by atoms with Crippen molar-refractivity contribution in [1.29, 1.82) is 0 Å². The highest BCUT2D eigenvalue weighted by Gasteiger charge is 1.92. The van der Waals surface area contributed by atoms with E-state index in [-0.39, 0.29) is 0 Å². The first-order valence-electron chi connectivity index (χ1n) is 7.14. The number of rotatable bonds is 13. The van der Waals surface area contributed by atoms with Crippen LogP contribution in [0.25, 0.3) is 0 Å². The van der Waals surface area contributed by atoms with E-state index in [0.29, 0.717) is 0 Å². The van der Waals surface area contributed by atoms with E-state index < -0.39 is 0 Å². The fourth-order valence-corrected chi connectivity index (χ4v) is 1.77. The normalized spacial score (nSPS) is 10.9. The van der Waals surface area contributed by atoms with Crippen molar-refractivity contribution in [3.8, 4) is 0 Å². The molecule has 0 aliphatic rings. The third-order valence-corrected chi connectivity index (χ3v) is 2.86. The molecular weight excluding hydrogens is 198 g/mol. The smallest absolute Gasteiger partial charge is 0.0466 e. The van der Waals surface area contributed by atoms with Crippen molar-refractivity contribution < 1.29 is 4.74 Å². The van der Waals surface area contributed by atoms with Crippen molar-refractivity contribution in [3.05, 3.63) is 0 Å². The summed E-state index contributed by atoms with van der Waals surface area (Å²) < 4.78 is 5.60. The van der Waals surface area contributed by atoms with E-state index in [9.17, 15) is 0 Å². The Kier molecular flexibility index (Phi) is 14.8. The lowest BCUT2D eigenvalue weighted by Crippen LogP contribution is -2.07. The maximum Gasteiger partial charge on any atom is 0.0466 e. The van der Waals surface area contributed by atoms with Gasteiger partial charge in [0.05, 0.1) is 0 Å². The molecular formula is C14H31NO. The third-order valence-electron chi connectivity index (χ3n) is 2.86. The Bertz CT molecular complexity index is 103. The molecule has 0 radical (unpaired) electrons. The summed E-state index contributed by atoms with van der Waals surface area (Å²) in [5.41, 5.74) is 0. The molecule has 16 heavy (non-hydrogen) atoms. The van der Waals surface area contributed by atoms with Crippen molar-refractivity contribution in [1.82, 2.24) is 5.32 Å². The van der Waals surface area contributed by atoms with E-state index in [1.165, 1.54) is 57.8 Å². The van der Waals surface area contributed by atoms with Gasteiger partial charge in [0.25, 0.3) is 0 Å². The zero-order valence-electron chi connectivity index (χ0n) is 11.4. The van der Waals surface area contributed by atoms with Crippen LogP contribution >= 0.6 is 0 Å². The van der Waals surface area contributed by atoms with Crippen LogP contribution in [0.2, 0.25) is 0 Å². The second-order valence-corrected chi connectivity index (χ2v) is 4.54. The lowest BCUT2D eigenvalue weighted by atomic mass is 10.2. The van der Waals surface area contributed by atoms with E-state index in [0.717, 1.165) is 19.8 Å². The Balaban J connectivity index is 2.83. The Morgan fingerprint density at radius 3 is 1.88 bits per heavy atom. The molecule has 0 amide bonds. The fraction of sp³-hybridized carbons (Fsp3) is 1.00. The third kappa shape index (κ3) is 13.9. The van der Waals surface area contributed by atoms with Gasteiger partial charge in [-0.1, -0.05) is 45.4 Å². The summed E-state index contributed by atoms with van der Waals surface area (Å²) in [5, 5.41) is 3.17. The fourth-order valence-electron chi connectivity index (χ4n) is 1.77. The van der Waals surface area contributed by atoms with Gasteiger partial charge in [-0.05, 0) is 32.9 Å². The predicted octanol–water partition coefficient (Wildman–Crippen LogP) is 3.75. The van der Waals surface area contributed by atoms with Crippen LogP contribution in [-0.2, 0) is 4.74 Å². The van der Waals surface area contributed by atoms with Gasteiger partial charge in [0.15, 0.2) is 0 Å². The van der Waals surface area contributed by atoms with Gasteiger partial charge < -0.3 is 10.1 Å². The Morgan fingerprint density at radius 2 is 1.31 bits per heavy atom. The average molecular weight is 229 g/mol. The molecule has 2 heteroatoms. The molecule has 0 atom stereocenters. The van der Waals surface area contributed by atoms with Crippen LogP contribution in [0.1, 0.15) is 64.7 Å². The highest BCUT2D eigenvalue weighted by Crippen LogP contribution is 2.03. The summed E-state index contributed by atoms with van der Waals surface area (Å²) >= 11 is 0. The molecule has 0 saturated carbocycles. The summed E-state index contributed by atoms with van der Waals surface area (Å²) in [4.78, 5) is 0. The van der Waals surface area contributed by atoms with Gasteiger partial charge in [0.2, 0.25) is 0 Å². The Morgan fingerprint density at radius 1 is 0.750 bits per heavy atom. The molecule has 0 aliphatic carbocycles. The van der Waals surface area contributed by atoms with Gasteiger partial charge in [-0.25, -0.2) is 0 Å². The van der Waals surface area contributed by atoms with Gasteiger partial charge >= 0.3 is 0 Å². The van der Waals surface area contributed by atoms with Gasteiger partial charge in [0.1, 0.15) is 0 Å². The summed E-state index contributed by atoms with van der Waals surface area (Å²) in [6, 6.07) is 0. The minimum atomic E-state index is 0.966. The van der Waals surface area contributed by atoms with Crippen LogP contribution in [0.15, 0.2) is 0 Å². The summed E-state index contributed by atoms with van der Waals surface area (Å²) in [7, 11) is 2.02. The van der Waals surface area contributed by atoms with Crippen molar-refractivity contribution in [2.45, 2.75) is 64.7 Å². The molecule has 0 aromatic rings. The molecule has 0 spiro atoms. The summed E-state index contributed by atoms with van der Waals surface area (Å²) in [6.45, 7) is 5.34. The highest BCUT2D eigenvalue weighted by atomic mass is 16.5. The zero-order chi connectivity index (χ0) is 11.9. The van der Waals surface area contributed by atoms with Gasteiger partial charge in [-0.3, -0.25) is 0 Å². The maximum atomic E-state index is 5.60. The molecule has 0 aliphatic heterocycles. The molecule has 0 saturated heterocycles. The van der Waals surface area contributed by atoms with Crippen LogP contribution < -0.4 is 5.32 Å². The second kappa shape index (κ2) is 14.9. The van der Waals surface area contributed by atoms with E-state index in [1.807, 2.05) is 7.05 Å². The molecule has 2 nitrogen and oxygen atoms in total. The van der Waals surface area contributed by atoms with E-state index in [1.54, 1.807) is 0 Å². The largest absolute Gasteiger partial charge is 0.381 e. The predicted molar refractivity (Wildman–Crippen MR) is 72.0 cm³/mol. The topological polar surface area (TPSA) is 21.3 Å². The number of unbranched alkanes of at least 4 members (excludes halogenated alkanes) is 7. The minimum Gasteiger partial charge on any atom is -0.381 e. The molecule has 98 valence electrons. The molecule has 0 rings (SSSR count). The number of nitrogens with one attached hydrogen (secondary N) is 1. The van der Waals surface area contributed by atoms with Crippen LogP contribution in [0, 0.1) is 0 Å². The lowest BCUT2D eigenvalue weighted by molar-refractivity contribution is 0.125. The zero-order valence-corrected chi connectivity index (χ0v) is 11.4. The lowest BCUT2D eigenvalue weighted by Gasteiger charge is -2.04. The molecule has 0 aromatic carbocycles.